The Kier molecular flexibility index (Phi) is 9.20. The molecule has 0 spiro atoms. The number of nitrogens with zero attached hydrogens (tertiary/aromatic N) is 4. The number of carbonyl (C=O) groups is 1. The van der Waals surface area contributed by atoms with E-state index in [9.17, 15) is 13.6 Å². The molecule has 3 aromatic heterocycles. The summed E-state index contributed by atoms with van der Waals surface area (Å²) >= 11 is 1.35. The summed E-state index contributed by atoms with van der Waals surface area (Å²) in [6.45, 7) is 2.74. The minimum Gasteiger partial charge on any atom is -0.484 e. The Morgan fingerprint density at radius 3 is 2.56 bits per heavy atom. The van der Waals surface area contributed by atoms with E-state index in [-0.39, 0.29) is 17.3 Å². The van der Waals surface area contributed by atoms with Gasteiger partial charge in [-0.25, -0.2) is 37.9 Å². The molecule has 5 rings (SSSR count). The highest BCUT2D eigenvalue weighted by atomic mass is 32.1. The molecule has 45 heavy (non-hydrogen) atoms. The number of nitrogens with one attached hydrogen (secondary N) is 1. The van der Waals surface area contributed by atoms with Gasteiger partial charge in [-0.2, -0.15) is 0 Å². The summed E-state index contributed by atoms with van der Waals surface area (Å²) in [5.74, 6) is -3.80. The van der Waals surface area contributed by atoms with Crippen molar-refractivity contribution in [1.29, 1.82) is 0 Å². The SMILES string of the molecule is COc1cnc2c(-c3nc4cc(F)c(O[C@@H](C)[C@@H](C)OC(=O)Nc5ccc(OCC(F)(F)CO)nc5)cc4s3)cc(C)cc2n1. The number of amides is 1. The van der Waals surface area contributed by atoms with Crippen LogP contribution in [0.3, 0.4) is 0 Å². The topological polar surface area (TPSA) is 138 Å². The van der Waals surface area contributed by atoms with Gasteiger partial charge in [-0.05, 0) is 44.5 Å². The number of methoxy groups -OCH3 is 1. The highest BCUT2D eigenvalue weighted by Gasteiger charge is 2.29. The van der Waals surface area contributed by atoms with E-state index in [0.717, 1.165) is 11.1 Å². The van der Waals surface area contributed by atoms with E-state index in [1.54, 1.807) is 19.9 Å². The molecule has 0 saturated heterocycles. The van der Waals surface area contributed by atoms with E-state index in [2.05, 4.69) is 25.3 Å². The first-order chi connectivity index (χ1) is 21.4. The highest BCUT2D eigenvalue weighted by Crippen LogP contribution is 2.37. The molecular formula is C30H28F3N5O6S. The summed E-state index contributed by atoms with van der Waals surface area (Å²) in [5, 5.41) is 11.7. The number of halogens is 3. The Hall–Kier alpha value is -4.76. The summed E-state index contributed by atoms with van der Waals surface area (Å²) in [7, 11) is 1.52. The van der Waals surface area contributed by atoms with Crippen molar-refractivity contribution < 1.29 is 42.0 Å². The summed E-state index contributed by atoms with van der Waals surface area (Å²) < 4.78 is 63.3. The minimum absolute atomic E-state index is 0.0359. The van der Waals surface area contributed by atoms with Gasteiger partial charge in [-0.15, -0.1) is 11.3 Å². The Bertz CT molecular complexity index is 1840. The predicted octanol–water partition coefficient (Wildman–Crippen LogP) is 6.17. The number of rotatable bonds is 11. The number of aryl methyl sites for hydroxylation is 1. The van der Waals surface area contributed by atoms with Crippen LogP contribution in [0.4, 0.5) is 23.7 Å². The molecule has 3 heterocycles. The van der Waals surface area contributed by atoms with Crippen LogP contribution < -0.4 is 19.5 Å². The number of hydrogen-bond acceptors (Lipinski definition) is 11. The van der Waals surface area contributed by atoms with Crippen LogP contribution in [0.2, 0.25) is 0 Å². The number of pyridine rings is 1. The molecule has 0 fully saturated rings. The summed E-state index contributed by atoms with van der Waals surface area (Å²) in [6, 6.07) is 9.32. The third-order valence-electron chi connectivity index (χ3n) is 6.56. The molecule has 2 atom stereocenters. The number of aromatic nitrogens is 4. The molecule has 0 unspecified atom stereocenters. The first-order valence-corrected chi connectivity index (χ1v) is 14.4. The molecule has 11 nitrogen and oxygen atoms in total. The molecule has 2 aromatic carbocycles. The number of carbonyl (C=O) groups excluding carboxylic acids is 1. The zero-order valence-corrected chi connectivity index (χ0v) is 25.3. The first kappa shape index (κ1) is 31.7. The van der Waals surface area contributed by atoms with E-state index in [1.807, 2.05) is 19.1 Å². The second kappa shape index (κ2) is 13.1. The van der Waals surface area contributed by atoms with Gasteiger partial charge >= 0.3 is 12.0 Å². The maximum Gasteiger partial charge on any atom is 0.412 e. The molecule has 0 aliphatic rings. The second-order valence-corrected chi connectivity index (χ2v) is 11.1. The Morgan fingerprint density at radius 2 is 1.84 bits per heavy atom. The number of fused-ring (bicyclic) bond motifs is 2. The van der Waals surface area contributed by atoms with Gasteiger partial charge in [0.05, 0.1) is 46.4 Å². The van der Waals surface area contributed by atoms with Crippen molar-refractivity contribution in [3.05, 3.63) is 60.2 Å². The van der Waals surface area contributed by atoms with Crippen LogP contribution in [0, 0.1) is 12.7 Å². The number of alkyl halides is 2. The van der Waals surface area contributed by atoms with Gasteiger partial charge in [-0.1, -0.05) is 0 Å². The summed E-state index contributed by atoms with van der Waals surface area (Å²) in [6.07, 6.45) is 0.329. The smallest absolute Gasteiger partial charge is 0.412 e. The van der Waals surface area contributed by atoms with Crippen molar-refractivity contribution in [2.24, 2.45) is 0 Å². The van der Waals surface area contributed by atoms with Gasteiger partial charge in [0, 0.05) is 23.8 Å². The van der Waals surface area contributed by atoms with Crippen molar-refractivity contribution in [3.8, 4) is 28.1 Å². The average molecular weight is 644 g/mol. The van der Waals surface area contributed by atoms with Gasteiger partial charge in [-0.3, -0.25) is 5.32 Å². The number of aliphatic hydroxyl groups excluding tert-OH is 1. The molecule has 0 aliphatic carbocycles. The lowest BCUT2D eigenvalue weighted by molar-refractivity contribution is -0.0809. The zero-order chi connectivity index (χ0) is 32.3. The third kappa shape index (κ3) is 7.49. The van der Waals surface area contributed by atoms with Crippen LogP contribution in [0.25, 0.3) is 31.8 Å². The fraction of sp³-hybridized carbons (Fsp3) is 0.300. The van der Waals surface area contributed by atoms with Crippen molar-refractivity contribution in [2.45, 2.75) is 38.9 Å². The van der Waals surface area contributed by atoms with Crippen molar-refractivity contribution in [2.75, 3.05) is 25.6 Å². The lowest BCUT2D eigenvalue weighted by Gasteiger charge is -2.22. The summed E-state index contributed by atoms with van der Waals surface area (Å²) in [5.41, 5.74) is 3.65. The van der Waals surface area contributed by atoms with Crippen molar-refractivity contribution in [3.63, 3.8) is 0 Å². The monoisotopic (exact) mass is 643 g/mol. The van der Waals surface area contributed by atoms with Crippen LogP contribution >= 0.6 is 11.3 Å². The van der Waals surface area contributed by atoms with Crippen LogP contribution in [0.1, 0.15) is 19.4 Å². The van der Waals surface area contributed by atoms with Crippen LogP contribution in [-0.4, -0.2) is 69.6 Å². The van der Waals surface area contributed by atoms with E-state index >= 15 is 4.39 Å². The fourth-order valence-electron chi connectivity index (χ4n) is 4.12. The van der Waals surface area contributed by atoms with E-state index in [0.29, 0.717) is 32.1 Å². The second-order valence-electron chi connectivity index (χ2n) is 10.1. The average Bonchev–Trinajstić information content (AvgIpc) is 3.42. The Balaban J connectivity index is 1.24. The molecule has 0 saturated carbocycles. The Morgan fingerprint density at radius 1 is 1.04 bits per heavy atom. The van der Waals surface area contributed by atoms with Crippen LogP contribution in [0.5, 0.6) is 17.5 Å². The molecular weight excluding hydrogens is 615 g/mol. The molecule has 0 bridgehead atoms. The number of benzene rings is 2. The number of thiazole rings is 1. The zero-order valence-electron chi connectivity index (χ0n) is 24.5. The van der Waals surface area contributed by atoms with E-state index in [4.69, 9.17) is 24.1 Å². The molecule has 2 N–H and O–H groups in total. The van der Waals surface area contributed by atoms with Gasteiger partial charge in [0.1, 0.15) is 23.8 Å². The van der Waals surface area contributed by atoms with Crippen molar-refractivity contribution >= 4 is 44.4 Å². The first-order valence-electron chi connectivity index (χ1n) is 13.6. The van der Waals surface area contributed by atoms with E-state index < -0.39 is 43.3 Å². The standard InChI is InChI=1S/C30H28F3N5O6S/c1-15-7-19(27-22(8-15)37-26(41-4)12-35-27)28-38-21-9-20(31)23(10-24(21)45-28)43-16(2)17(3)44-29(40)36-18-5-6-25(34-11-18)42-14-30(32,33)13-39/h5-12,16-17,39H,13-14H2,1-4H3,(H,36,40)/t16-,17+/m0/s1. The number of hydrogen-bond donors (Lipinski definition) is 2. The van der Waals surface area contributed by atoms with Crippen molar-refractivity contribution in [1.82, 2.24) is 19.9 Å². The molecule has 236 valence electrons. The molecule has 1 amide bonds. The lowest BCUT2D eigenvalue weighted by atomic mass is 10.1. The predicted molar refractivity (Wildman–Crippen MR) is 161 cm³/mol. The Labute approximate surface area is 259 Å². The van der Waals surface area contributed by atoms with Crippen LogP contribution in [-0.2, 0) is 4.74 Å². The van der Waals surface area contributed by atoms with Crippen LogP contribution in [0.15, 0.2) is 48.8 Å². The molecule has 5 aromatic rings. The lowest BCUT2D eigenvalue weighted by Crippen LogP contribution is -2.32. The fourth-order valence-corrected chi connectivity index (χ4v) is 5.11. The van der Waals surface area contributed by atoms with Gasteiger partial charge in [0.15, 0.2) is 18.2 Å². The maximum atomic E-state index is 15.1. The normalized spacial score (nSPS) is 13.0. The van der Waals surface area contributed by atoms with Gasteiger partial charge < -0.3 is 24.1 Å². The number of ether oxygens (including phenoxy) is 4. The van der Waals surface area contributed by atoms with E-state index in [1.165, 1.54) is 49.0 Å². The number of anilines is 1. The highest BCUT2D eigenvalue weighted by molar-refractivity contribution is 7.21. The largest absolute Gasteiger partial charge is 0.484 e. The molecule has 0 radical (unpaired) electrons. The maximum absolute atomic E-state index is 15.1. The number of aliphatic hydroxyl groups is 1. The molecule has 15 heteroatoms. The van der Waals surface area contributed by atoms with Gasteiger partial charge in [0.25, 0.3) is 0 Å². The quantitative estimate of drug-likeness (QED) is 0.172. The molecule has 0 aliphatic heterocycles. The summed E-state index contributed by atoms with van der Waals surface area (Å²) in [4.78, 5) is 29.9. The minimum atomic E-state index is -3.41. The third-order valence-corrected chi connectivity index (χ3v) is 7.61. The van der Waals surface area contributed by atoms with Gasteiger partial charge in [0.2, 0.25) is 11.8 Å².